The minimum absolute atomic E-state index is 0.0220. The third-order valence-corrected chi connectivity index (χ3v) is 11.6. The van der Waals surface area contributed by atoms with Crippen LogP contribution in [-0.4, -0.2) is 61.2 Å². The number of thioether (sulfide) groups is 1. The number of aliphatic hydroxyl groups is 1. The Bertz CT molecular complexity index is 1250. The highest BCUT2D eigenvalue weighted by Gasteiger charge is 2.76. The minimum Gasteiger partial charge on any atom is -0.394 e. The zero-order valence-electron chi connectivity index (χ0n) is 22.7. The lowest BCUT2D eigenvalue weighted by molar-refractivity contribution is -0.141. The van der Waals surface area contributed by atoms with Crippen LogP contribution in [0.5, 0.6) is 0 Å². The zero-order valence-corrected chi connectivity index (χ0v) is 25.1. The molecule has 3 fully saturated rings. The van der Waals surface area contributed by atoms with Gasteiger partial charge in [0.25, 0.3) is 0 Å². The number of alkyl halides is 1. The van der Waals surface area contributed by atoms with E-state index in [0.29, 0.717) is 18.5 Å². The van der Waals surface area contributed by atoms with E-state index < -0.39 is 28.7 Å². The summed E-state index contributed by atoms with van der Waals surface area (Å²) in [6.45, 7) is 7.74. The number of fused-ring (bicyclic) bond motifs is 1. The van der Waals surface area contributed by atoms with Crippen molar-refractivity contribution in [2.75, 3.05) is 17.2 Å². The van der Waals surface area contributed by atoms with Crippen LogP contribution in [0.3, 0.4) is 0 Å². The molecule has 3 unspecified atom stereocenters. The predicted octanol–water partition coefficient (Wildman–Crippen LogP) is 4.75. The quantitative estimate of drug-likeness (QED) is 0.373. The maximum absolute atomic E-state index is 14.4. The Morgan fingerprint density at radius 3 is 2.36 bits per heavy atom. The molecule has 3 heterocycles. The number of carbonyl (C=O) groups is 3. The number of aliphatic hydroxyl groups excluding tert-OH is 1. The van der Waals surface area contributed by atoms with Gasteiger partial charge in [0, 0.05) is 21.5 Å². The second kappa shape index (κ2) is 10.9. The highest BCUT2D eigenvalue weighted by molar-refractivity contribution is 9.09. The van der Waals surface area contributed by atoms with Crippen molar-refractivity contribution in [1.29, 1.82) is 0 Å². The maximum Gasteiger partial charge on any atom is 0.248 e. The molecule has 3 saturated heterocycles. The number of benzene rings is 2. The lowest BCUT2D eigenvalue weighted by Crippen LogP contribution is -2.55. The molecule has 3 amide bonds. The van der Waals surface area contributed by atoms with Crippen molar-refractivity contribution in [3.8, 4) is 0 Å². The molecule has 7 atom stereocenters. The maximum atomic E-state index is 14.4. The summed E-state index contributed by atoms with van der Waals surface area (Å²) >= 11 is 5.41. The van der Waals surface area contributed by atoms with Crippen LogP contribution in [-0.2, 0) is 14.4 Å². The first-order valence-corrected chi connectivity index (χ1v) is 15.4. The fraction of sp³-hybridized carbons (Fsp3) is 0.500. The Balaban J connectivity index is 1.56. The van der Waals surface area contributed by atoms with E-state index in [1.54, 1.807) is 16.7 Å². The minimum atomic E-state index is -0.811. The Hall–Kier alpha value is -2.36. The summed E-state index contributed by atoms with van der Waals surface area (Å²) in [4.78, 5) is 44.0. The zero-order chi connectivity index (χ0) is 28.1. The second-order valence-corrected chi connectivity index (χ2v) is 14.2. The lowest BCUT2D eigenvalue weighted by Gasteiger charge is -2.38. The molecular formula is C30H36BrN3O4S. The molecule has 0 saturated carbocycles. The number of nitrogens with one attached hydrogen (secondary N) is 2. The first-order chi connectivity index (χ1) is 18.6. The van der Waals surface area contributed by atoms with Crippen molar-refractivity contribution < 1.29 is 19.5 Å². The van der Waals surface area contributed by atoms with Crippen LogP contribution in [0.25, 0.3) is 0 Å². The van der Waals surface area contributed by atoms with Crippen molar-refractivity contribution in [1.82, 2.24) is 4.90 Å². The molecule has 0 aromatic heterocycles. The number of hydrogen-bond acceptors (Lipinski definition) is 5. The Morgan fingerprint density at radius 1 is 1.08 bits per heavy atom. The molecule has 9 heteroatoms. The average molecular weight is 615 g/mol. The van der Waals surface area contributed by atoms with Crippen molar-refractivity contribution >= 4 is 56.8 Å². The number of anilines is 2. The molecule has 1 spiro atoms. The van der Waals surface area contributed by atoms with Gasteiger partial charge in [-0.3, -0.25) is 14.4 Å². The molecule has 2 aromatic rings. The average Bonchev–Trinajstić information content (AvgIpc) is 3.48. The molecule has 3 N–H and O–H groups in total. The number of halogens is 1. The van der Waals surface area contributed by atoms with Gasteiger partial charge in [0.05, 0.1) is 29.2 Å². The van der Waals surface area contributed by atoms with E-state index in [1.165, 1.54) is 0 Å². The topological polar surface area (TPSA) is 98.7 Å². The molecule has 0 radical (unpaired) electrons. The number of rotatable bonds is 8. The monoisotopic (exact) mass is 613 g/mol. The first-order valence-electron chi connectivity index (χ1n) is 13.6. The Labute approximate surface area is 242 Å². The molecule has 7 nitrogen and oxygen atoms in total. The summed E-state index contributed by atoms with van der Waals surface area (Å²) in [5, 5.41) is 16.5. The van der Waals surface area contributed by atoms with Crippen LogP contribution in [0.1, 0.15) is 37.8 Å². The number of carbonyl (C=O) groups excluding carboxylic acids is 3. The van der Waals surface area contributed by atoms with Crippen LogP contribution in [0.2, 0.25) is 0 Å². The summed E-state index contributed by atoms with van der Waals surface area (Å²) in [7, 11) is 0. The van der Waals surface area contributed by atoms with E-state index in [4.69, 9.17) is 0 Å². The molecule has 0 aliphatic carbocycles. The van der Waals surface area contributed by atoms with Crippen LogP contribution >= 0.6 is 27.7 Å². The molecule has 39 heavy (non-hydrogen) atoms. The van der Waals surface area contributed by atoms with Crippen LogP contribution in [0.4, 0.5) is 11.4 Å². The van der Waals surface area contributed by atoms with Crippen LogP contribution in [0.15, 0.2) is 48.5 Å². The third-order valence-electron chi connectivity index (χ3n) is 8.40. The van der Waals surface area contributed by atoms with Gasteiger partial charge in [-0.1, -0.05) is 66.2 Å². The standard InChI is InChI=1S/C30H36BrN3O4S/c1-16(2)13-20(15-35)34-26(28(37)33-24-17(3)9-8-10-18(24)4)30-14-21(31)25(39-30)22(23(30)29(34)38)27(36)32-19-11-6-5-7-12-19/h5-12,16,20-23,25-26,35H,13-15H2,1-4H3,(H,32,36)(H,33,37)/t20-,21?,22+,23+,25+,26?,30?/m1/s1. The van der Waals surface area contributed by atoms with Gasteiger partial charge >= 0.3 is 0 Å². The van der Waals surface area contributed by atoms with Gasteiger partial charge in [-0.25, -0.2) is 0 Å². The van der Waals surface area contributed by atoms with E-state index in [0.717, 1.165) is 16.8 Å². The fourth-order valence-electron chi connectivity index (χ4n) is 6.83. The van der Waals surface area contributed by atoms with Crippen LogP contribution in [0, 0.1) is 31.6 Å². The third kappa shape index (κ3) is 4.80. The largest absolute Gasteiger partial charge is 0.394 e. The van der Waals surface area contributed by atoms with Gasteiger partial charge in [-0.05, 0) is 55.9 Å². The van der Waals surface area contributed by atoms with Gasteiger partial charge < -0.3 is 20.6 Å². The van der Waals surface area contributed by atoms with Gasteiger partial charge in [0.15, 0.2) is 0 Å². The Morgan fingerprint density at radius 2 is 1.74 bits per heavy atom. The summed E-state index contributed by atoms with van der Waals surface area (Å²) in [5.74, 6) is -1.72. The smallest absolute Gasteiger partial charge is 0.248 e. The number of nitrogens with zero attached hydrogens (tertiary/aromatic N) is 1. The Kier molecular flexibility index (Phi) is 7.87. The number of amides is 3. The molecule has 5 rings (SSSR count). The highest BCUT2D eigenvalue weighted by Crippen LogP contribution is 2.68. The van der Waals surface area contributed by atoms with Crippen molar-refractivity contribution in [2.24, 2.45) is 17.8 Å². The van der Waals surface area contributed by atoms with Crippen molar-refractivity contribution in [3.05, 3.63) is 59.7 Å². The normalized spacial score (nSPS) is 30.0. The van der Waals surface area contributed by atoms with E-state index in [1.807, 2.05) is 76.2 Å². The molecule has 3 aliphatic rings. The molecule has 208 valence electrons. The molecule has 2 bridgehead atoms. The van der Waals surface area contributed by atoms with E-state index in [9.17, 15) is 19.5 Å². The number of aryl methyl sites for hydroxylation is 2. The van der Waals surface area contributed by atoms with E-state index >= 15 is 0 Å². The molecule has 2 aromatic carbocycles. The summed E-state index contributed by atoms with van der Waals surface area (Å²) in [5.41, 5.74) is 3.30. The van der Waals surface area contributed by atoms with Crippen molar-refractivity contribution in [3.63, 3.8) is 0 Å². The summed E-state index contributed by atoms with van der Waals surface area (Å²) < 4.78 is -0.778. The SMILES string of the molecule is Cc1cccc(C)c1NC(=O)C1N([C@@H](CO)CC(C)C)C(=O)[C@@H]2[C@H](C(=O)Nc3ccccc3)[C@H]3SC12CC3Br. The van der Waals surface area contributed by atoms with E-state index in [2.05, 4.69) is 26.6 Å². The second-order valence-electron chi connectivity index (χ2n) is 11.5. The number of hydrogen-bond donors (Lipinski definition) is 3. The lowest BCUT2D eigenvalue weighted by atomic mass is 9.70. The van der Waals surface area contributed by atoms with Crippen LogP contribution < -0.4 is 10.6 Å². The number of para-hydroxylation sites is 2. The number of likely N-dealkylation sites (tertiary alicyclic amines) is 1. The molecule has 3 aliphatic heterocycles. The summed E-state index contributed by atoms with van der Waals surface area (Å²) in [6.07, 6.45) is 1.15. The first kappa shape index (κ1) is 28.2. The van der Waals surface area contributed by atoms with Gasteiger partial charge in [-0.15, -0.1) is 11.8 Å². The fourth-order valence-corrected chi connectivity index (χ4v) is 10.4. The van der Waals surface area contributed by atoms with Gasteiger partial charge in [-0.2, -0.15) is 0 Å². The highest BCUT2D eigenvalue weighted by atomic mass is 79.9. The van der Waals surface area contributed by atoms with Gasteiger partial charge in [0.2, 0.25) is 17.7 Å². The van der Waals surface area contributed by atoms with Gasteiger partial charge in [0.1, 0.15) is 6.04 Å². The molecular weight excluding hydrogens is 578 g/mol. The predicted molar refractivity (Wildman–Crippen MR) is 159 cm³/mol. The van der Waals surface area contributed by atoms with E-state index in [-0.39, 0.29) is 40.3 Å². The van der Waals surface area contributed by atoms with Crippen molar-refractivity contribution in [2.45, 2.75) is 67.4 Å². The summed E-state index contributed by atoms with van der Waals surface area (Å²) in [6, 6.07) is 13.8.